The molecule has 1 heterocycles. The summed E-state index contributed by atoms with van der Waals surface area (Å²) < 4.78 is 0. The second-order valence-corrected chi connectivity index (χ2v) is 3.16. The van der Waals surface area contributed by atoms with Crippen molar-refractivity contribution in [3.63, 3.8) is 0 Å². The monoisotopic (exact) mass is 209 g/mol. The first kappa shape index (κ1) is 11.6. The largest absolute Gasteiger partial charge is 0.476 e. The topological polar surface area (TPSA) is 66.3 Å². The van der Waals surface area contributed by atoms with Gasteiger partial charge in [0.05, 0.1) is 18.1 Å². The molecule has 1 N–H and O–H groups in total. The van der Waals surface area contributed by atoms with E-state index in [-0.39, 0.29) is 5.69 Å². The molecule has 0 aliphatic rings. The van der Waals surface area contributed by atoms with Gasteiger partial charge in [0.15, 0.2) is 5.69 Å². The Morgan fingerprint density at radius 3 is 2.40 bits per heavy atom. The highest BCUT2D eigenvalue weighted by molar-refractivity contribution is 5.84. The average Bonchev–Trinajstić information content (AvgIpc) is 2.26. The predicted octanol–water partition coefficient (Wildman–Crippen LogP) is 1.02. The van der Waals surface area contributed by atoms with Gasteiger partial charge in [-0.1, -0.05) is 13.8 Å². The van der Waals surface area contributed by atoms with Crippen LogP contribution in [0.25, 0.3) is 0 Å². The lowest BCUT2D eigenvalue weighted by Gasteiger charge is -2.16. The van der Waals surface area contributed by atoms with Crippen molar-refractivity contribution < 1.29 is 9.90 Å². The van der Waals surface area contributed by atoms with E-state index in [9.17, 15) is 4.79 Å². The molecular formula is C10H15N3O2. The lowest BCUT2D eigenvalue weighted by molar-refractivity contribution is 0.0690. The Morgan fingerprint density at radius 2 is 2.00 bits per heavy atom. The number of carboxylic acids is 1. The van der Waals surface area contributed by atoms with E-state index in [4.69, 9.17) is 5.11 Å². The quantitative estimate of drug-likeness (QED) is 0.784. The van der Waals surface area contributed by atoms with E-state index >= 15 is 0 Å². The summed E-state index contributed by atoms with van der Waals surface area (Å²) >= 11 is 0. The second kappa shape index (κ2) is 5.41. The summed E-state index contributed by atoms with van der Waals surface area (Å²) in [7, 11) is 0. The van der Waals surface area contributed by atoms with Gasteiger partial charge in [0.1, 0.15) is 0 Å². The molecule has 5 nitrogen and oxygen atoms in total. The summed E-state index contributed by atoms with van der Waals surface area (Å²) in [6.45, 7) is 6.74. The molecule has 0 saturated heterocycles. The zero-order chi connectivity index (χ0) is 11.3. The Bertz CT molecular complexity index is 320. The third kappa shape index (κ3) is 3.28. The summed E-state index contributed by atoms with van der Waals surface area (Å²) in [6, 6.07) is 0. The Labute approximate surface area is 88.8 Å². The van der Waals surface area contributed by atoms with E-state index in [1.165, 1.54) is 12.4 Å². The molecule has 0 atom stereocenters. The number of rotatable bonds is 5. The molecule has 0 fully saturated rings. The van der Waals surface area contributed by atoms with Crippen LogP contribution in [0.4, 0.5) is 0 Å². The third-order valence-corrected chi connectivity index (χ3v) is 2.20. The van der Waals surface area contributed by atoms with E-state index < -0.39 is 5.97 Å². The van der Waals surface area contributed by atoms with Gasteiger partial charge in [-0.2, -0.15) is 0 Å². The maximum atomic E-state index is 10.5. The van der Waals surface area contributed by atoms with E-state index in [2.05, 4.69) is 28.7 Å². The van der Waals surface area contributed by atoms with Gasteiger partial charge in [0.25, 0.3) is 0 Å². The van der Waals surface area contributed by atoms with Crippen LogP contribution < -0.4 is 0 Å². The maximum Gasteiger partial charge on any atom is 0.356 e. The number of carbonyl (C=O) groups is 1. The number of aromatic carboxylic acids is 1. The Balaban J connectivity index is 2.67. The van der Waals surface area contributed by atoms with Crippen molar-refractivity contribution in [1.29, 1.82) is 0 Å². The SMILES string of the molecule is CCN(CC)Cc1cnc(C(=O)O)cn1. The smallest absolute Gasteiger partial charge is 0.356 e. The number of nitrogens with zero attached hydrogens (tertiary/aromatic N) is 3. The first-order valence-corrected chi connectivity index (χ1v) is 4.94. The molecule has 5 heteroatoms. The molecule has 0 bridgehead atoms. The van der Waals surface area contributed by atoms with Crippen LogP contribution in [0.15, 0.2) is 12.4 Å². The van der Waals surface area contributed by atoms with Crippen LogP contribution in [0.1, 0.15) is 30.0 Å². The van der Waals surface area contributed by atoms with Gasteiger partial charge in [-0.15, -0.1) is 0 Å². The fourth-order valence-corrected chi connectivity index (χ4v) is 1.22. The van der Waals surface area contributed by atoms with E-state index in [1.54, 1.807) is 0 Å². The van der Waals surface area contributed by atoms with Gasteiger partial charge >= 0.3 is 5.97 Å². The average molecular weight is 209 g/mol. The Morgan fingerprint density at radius 1 is 1.33 bits per heavy atom. The molecule has 1 aromatic heterocycles. The molecule has 0 aromatic carbocycles. The number of hydrogen-bond donors (Lipinski definition) is 1. The number of hydrogen-bond acceptors (Lipinski definition) is 4. The second-order valence-electron chi connectivity index (χ2n) is 3.16. The molecule has 15 heavy (non-hydrogen) atoms. The highest BCUT2D eigenvalue weighted by atomic mass is 16.4. The lowest BCUT2D eigenvalue weighted by Crippen LogP contribution is -2.23. The van der Waals surface area contributed by atoms with Crippen molar-refractivity contribution in [3.05, 3.63) is 23.8 Å². The molecule has 0 amide bonds. The van der Waals surface area contributed by atoms with Crippen molar-refractivity contribution in [2.75, 3.05) is 13.1 Å². The van der Waals surface area contributed by atoms with Crippen LogP contribution in [-0.4, -0.2) is 39.0 Å². The fourth-order valence-electron chi connectivity index (χ4n) is 1.22. The van der Waals surface area contributed by atoms with E-state index in [0.29, 0.717) is 6.54 Å². The molecule has 0 aliphatic heterocycles. The summed E-state index contributed by atoms with van der Waals surface area (Å²) in [5.41, 5.74) is 0.780. The summed E-state index contributed by atoms with van der Waals surface area (Å²) in [6.07, 6.45) is 2.81. The van der Waals surface area contributed by atoms with Gasteiger partial charge in [-0.3, -0.25) is 9.88 Å². The zero-order valence-electron chi connectivity index (χ0n) is 8.97. The molecule has 0 aliphatic carbocycles. The fraction of sp³-hybridized carbons (Fsp3) is 0.500. The van der Waals surface area contributed by atoms with Gasteiger partial charge in [-0.05, 0) is 13.1 Å². The van der Waals surface area contributed by atoms with Crippen LogP contribution >= 0.6 is 0 Å². The molecule has 1 rings (SSSR count). The van der Waals surface area contributed by atoms with Crippen molar-refractivity contribution >= 4 is 5.97 Å². The van der Waals surface area contributed by atoms with Crippen LogP contribution in [0, 0.1) is 0 Å². The third-order valence-electron chi connectivity index (χ3n) is 2.20. The number of aromatic nitrogens is 2. The van der Waals surface area contributed by atoms with Gasteiger partial charge < -0.3 is 5.11 Å². The van der Waals surface area contributed by atoms with Crippen molar-refractivity contribution in [3.8, 4) is 0 Å². The molecule has 0 saturated carbocycles. The highest BCUT2D eigenvalue weighted by Gasteiger charge is 2.06. The first-order chi connectivity index (χ1) is 7.17. The minimum atomic E-state index is -1.04. The van der Waals surface area contributed by atoms with Crippen LogP contribution in [0.5, 0.6) is 0 Å². The normalized spacial score (nSPS) is 10.6. The molecule has 0 unspecified atom stereocenters. The minimum Gasteiger partial charge on any atom is -0.476 e. The molecule has 82 valence electrons. The molecular weight excluding hydrogens is 194 g/mol. The molecule has 1 aromatic rings. The Hall–Kier alpha value is -1.49. The lowest BCUT2D eigenvalue weighted by atomic mass is 10.3. The van der Waals surface area contributed by atoms with E-state index in [1.807, 2.05) is 0 Å². The molecule has 0 radical (unpaired) electrons. The minimum absolute atomic E-state index is 0.0155. The van der Waals surface area contributed by atoms with E-state index in [0.717, 1.165) is 18.8 Å². The zero-order valence-corrected chi connectivity index (χ0v) is 8.97. The summed E-state index contributed by atoms with van der Waals surface area (Å²) in [5, 5.41) is 8.64. The predicted molar refractivity (Wildman–Crippen MR) is 55.6 cm³/mol. The van der Waals surface area contributed by atoms with Crippen LogP contribution in [-0.2, 0) is 6.54 Å². The van der Waals surface area contributed by atoms with Gasteiger partial charge in [0.2, 0.25) is 0 Å². The molecule has 0 spiro atoms. The van der Waals surface area contributed by atoms with Crippen molar-refractivity contribution in [2.24, 2.45) is 0 Å². The highest BCUT2D eigenvalue weighted by Crippen LogP contribution is 2.00. The van der Waals surface area contributed by atoms with Crippen molar-refractivity contribution in [2.45, 2.75) is 20.4 Å². The number of carboxylic acid groups (broad SMARTS) is 1. The van der Waals surface area contributed by atoms with Gasteiger partial charge in [-0.25, -0.2) is 9.78 Å². The maximum absolute atomic E-state index is 10.5. The first-order valence-electron chi connectivity index (χ1n) is 4.94. The van der Waals surface area contributed by atoms with Gasteiger partial charge in [0, 0.05) is 6.54 Å². The van der Waals surface area contributed by atoms with Crippen LogP contribution in [0.2, 0.25) is 0 Å². The van der Waals surface area contributed by atoms with Crippen LogP contribution in [0.3, 0.4) is 0 Å². The summed E-state index contributed by atoms with van der Waals surface area (Å²) in [4.78, 5) is 20.6. The standard InChI is InChI=1S/C10H15N3O2/c1-3-13(4-2)7-8-5-12-9(6-11-8)10(14)15/h5-6H,3-4,7H2,1-2H3,(H,14,15). The summed E-state index contributed by atoms with van der Waals surface area (Å²) in [5.74, 6) is -1.04. The Kier molecular flexibility index (Phi) is 4.17. The van der Waals surface area contributed by atoms with Crippen molar-refractivity contribution in [1.82, 2.24) is 14.9 Å².